The summed E-state index contributed by atoms with van der Waals surface area (Å²) in [5.41, 5.74) is 0.421. The fourth-order valence-corrected chi connectivity index (χ4v) is 2.37. The molecule has 0 spiro atoms. The molecule has 0 amide bonds. The van der Waals surface area contributed by atoms with Crippen LogP contribution in [0.15, 0.2) is 24.3 Å². The summed E-state index contributed by atoms with van der Waals surface area (Å²) in [4.78, 5) is 0. The van der Waals surface area contributed by atoms with Crippen molar-refractivity contribution in [1.82, 2.24) is 0 Å². The SMILES string of the molecule is CC(C#N)(CCO)c1ccccc1I. The van der Waals surface area contributed by atoms with E-state index in [2.05, 4.69) is 28.7 Å². The molecular weight excluding hydrogens is 289 g/mol. The smallest absolute Gasteiger partial charge is 0.0826 e. The number of benzene rings is 1. The van der Waals surface area contributed by atoms with Gasteiger partial charge in [-0.15, -0.1) is 0 Å². The highest BCUT2D eigenvalue weighted by Crippen LogP contribution is 2.30. The Balaban J connectivity index is 3.14. The number of aliphatic hydroxyl groups is 1. The summed E-state index contributed by atoms with van der Waals surface area (Å²) < 4.78 is 1.07. The van der Waals surface area contributed by atoms with Crippen molar-refractivity contribution in [2.24, 2.45) is 0 Å². The average molecular weight is 301 g/mol. The van der Waals surface area contributed by atoms with Gasteiger partial charge in [-0.1, -0.05) is 18.2 Å². The third-order valence-corrected chi connectivity index (χ3v) is 3.27. The number of nitriles is 1. The van der Waals surface area contributed by atoms with Gasteiger partial charge in [0.05, 0.1) is 11.5 Å². The van der Waals surface area contributed by atoms with Crippen LogP contribution in [0.3, 0.4) is 0 Å². The Morgan fingerprint density at radius 1 is 1.50 bits per heavy atom. The van der Waals surface area contributed by atoms with Crippen molar-refractivity contribution in [3.63, 3.8) is 0 Å². The van der Waals surface area contributed by atoms with E-state index >= 15 is 0 Å². The first-order valence-electron chi connectivity index (χ1n) is 4.41. The van der Waals surface area contributed by atoms with Gasteiger partial charge in [-0.2, -0.15) is 5.26 Å². The molecule has 14 heavy (non-hydrogen) atoms. The molecular formula is C11H12INO. The van der Waals surface area contributed by atoms with E-state index in [-0.39, 0.29) is 6.61 Å². The summed E-state index contributed by atoms with van der Waals surface area (Å²) in [6.45, 7) is 1.90. The Bertz CT molecular complexity index is 359. The van der Waals surface area contributed by atoms with E-state index in [1.54, 1.807) is 0 Å². The molecule has 74 valence electrons. The highest BCUT2D eigenvalue weighted by atomic mass is 127. The van der Waals surface area contributed by atoms with Crippen LogP contribution in [0.4, 0.5) is 0 Å². The Morgan fingerprint density at radius 3 is 2.64 bits per heavy atom. The van der Waals surface area contributed by atoms with Gasteiger partial charge in [0.15, 0.2) is 0 Å². The molecule has 0 aliphatic rings. The van der Waals surface area contributed by atoms with Gasteiger partial charge in [-0.05, 0) is 47.6 Å². The zero-order chi connectivity index (χ0) is 10.6. The van der Waals surface area contributed by atoms with Crippen molar-refractivity contribution < 1.29 is 5.11 Å². The number of halogens is 1. The van der Waals surface area contributed by atoms with Crippen LogP contribution in [0.1, 0.15) is 18.9 Å². The lowest BCUT2D eigenvalue weighted by Gasteiger charge is -2.22. The topological polar surface area (TPSA) is 44.0 Å². The third kappa shape index (κ3) is 2.25. The van der Waals surface area contributed by atoms with E-state index in [4.69, 9.17) is 10.4 Å². The van der Waals surface area contributed by atoms with Gasteiger partial charge in [0, 0.05) is 10.2 Å². The molecule has 0 saturated heterocycles. The number of nitrogens with zero attached hydrogens (tertiary/aromatic N) is 1. The maximum absolute atomic E-state index is 9.13. The summed E-state index contributed by atoms with van der Waals surface area (Å²) in [5.74, 6) is 0. The second-order valence-electron chi connectivity index (χ2n) is 3.40. The van der Waals surface area contributed by atoms with Gasteiger partial charge in [0.25, 0.3) is 0 Å². The standard InChI is InChI=1S/C11H12INO/c1-11(8-13,6-7-14)9-4-2-3-5-10(9)12/h2-5,14H,6-7H2,1H3. The van der Waals surface area contributed by atoms with E-state index in [1.165, 1.54) is 0 Å². The van der Waals surface area contributed by atoms with Crippen molar-refractivity contribution in [1.29, 1.82) is 5.26 Å². The molecule has 3 heteroatoms. The van der Waals surface area contributed by atoms with E-state index in [9.17, 15) is 0 Å². The predicted molar refractivity (Wildman–Crippen MR) is 63.8 cm³/mol. The minimum absolute atomic E-state index is 0.0367. The molecule has 0 bridgehead atoms. The molecule has 2 nitrogen and oxygen atoms in total. The zero-order valence-electron chi connectivity index (χ0n) is 8.00. The molecule has 1 aromatic carbocycles. The summed E-state index contributed by atoms with van der Waals surface area (Å²) in [6.07, 6.45) is 0.476. The molecule has 0 aromatic heterocycles. The van der Waals surface area contributed by atoms with Gasteiger partial charge in [0.2, 0.25) is 0 Å². The van der Waals surface area contributed by atoms with Crippen LogP contribution in [0, 0.1) is 14.9 Å². The van der Waals surface area contributed by atoms with Gasteiger partial charge in [-0.25, -0.2) is 0 Å². The molecule has 0 aliphatic heterocycles. The first kappa shape index (κ1) is 11.5. The molecule has 0 aliphatic carbocycles. The number of aliphatic hydroxyl groups excluding tert-OH is 1. The van der Waals surface area contributed by atoms with Crippen LogP contribution >= 0.6 is 22.6 Å². The van der Waals surface area contributed by atoms with Crippen LogP contribution in [0.5, 0.6) is 0 Å². The first-order valence-corrected chi connectivity index (χ1v) is 5.49. The summed E-state index contributed by atoms with van der Waals surface area (Å²) >= 11 is 2.22. The van der Waals surface area contributed by atoms with E-state index < -0.39 is 5.41 Å². The largest absolute Gasteiger partial charge is 0.396 e. The lowest BCUT2D eigenvalue weighted by molar-refractivity contribution is 0.263. The van der Waals surface area contributed by atoms with Gasteiger partial charge in [-0.3, -0.25) is 0 Å². The Morgan fingerprint density at radius 2 is 2.14 bits per heavy atom. The van der Waals surface area contributed by atoms with Crippen molar-refractivity contribution in [2.45, 2.75) is 18.8 Å². The average Bonchev–Trinajstić information content (AvgIpc) is 2.18. The molecule has 1 N–H and O–H groups in total. The molecule has 1 unspecified atom stereocenters. The third-order valence-electron chi connectivity index (χ3n) is 2.33. The lowest BCUT2D eigenvalue weighted by Crippen LogP contribution is -2.22. The quantitative estimate of drug-likeness (QED) is 0.872. The van der Waals surface area contributed by atoms with E-state index in [0.717, 1.165) is 9.13 Å². The summed E-state index contributed by atoms with van der Waals surface area (Å²) in [6, 6.07) is 10.1. The molecule has 0 radical (unpaired) electrons. The Hall–Kier alpha value is -0.600. The Kier molecular flexibility index (Phi) is 3.90. The second kappa shape index (κ2) is 4.76. The molecule has 0 fully saturated rings. The highest BCUT2D eigenvalue weighted by molar-refractivity contribution is 14.1. The molecule has 0 saturated carbocycles. The minimum atomic E-state index is -0.577. The van der Waals surface area contributed by atoms with Gasteiger partial charge >= 0.3 is 0 Å². The van der Waals surface area contributed by atoms with Crippen LogP contribution in [-0.2, 0) is 5.41 Å². The Labute approximate surface area is 97.7 Å². The fraction of sp³-hybridized carbons (Fsp3) is 0.364. The molecule has 0 heterocycles. The van der Waals surface area contributed by atoms with E-state index in [0.29, 0.717) is 6.42 Å². The number of hydrogen-bond acceptors (Lipinski definition) is 2. The van der Waals surface area contributed by atoms with Crippen molar-refractivity contribution in [3.8, 4) is 6.07 Å². The monoisotopic (exact) mass is 301 g/mol. The fourth-order valence-electron chi connectivity index (χ4n) is 1.38. The lowest BCUT2D eigenvalue weighted by atomic mass is 9.81. The number of hydrogen-bond donors (Lipinski definition) is 1. The second-order valence-corrected chi connectivity index (χ2v) is 4.56. The maximum atomic E-state index is 9.13. The van der Waals surface area contributed by atoms with Crippen molar-refractivity contribution in [2.75, 3.05) is 6.61 Å². The number of rotatable bonds is 3. The normalized spacial score (nSPS) is 14.4. The first-order chi connectivity index (χ1) is 6.64. The van der Waals surface area contributed by atoms with Gasteiger partial charge < -0.3 is 5.11 Å². The van der Waals surface area contributed by atoms with E-state index in [1.807, 2.05) is 31.2 Å². The van der Waals surface area contributed by atoms with Crippen LogP contribution < -0.4 is 0 Å². The maximum Gasteiger partial charge on any atom is 0.0826 e. The molecule has 1 rings (SSSR count). The molecule has 1 atom stereocenters. The zero-order valence-corrected chi connectivity index (χ0v) is 10.2. The summed E-state index contributed by atoms with van der Waals surface area (Å²) in [7, 11) is 0. The summed E-state index contributed by atoms with van der Waals surface area (Å²) in [5, 5.41) is 18.1. The van der Waals surface area contributed by atoms with Crippen LogP contribution in [-0.4, -0.2) is 11.7 Å². The predicted octanol–water partition coefficient (Wildman–Crippen LogP) is 2.45. The van der Waals surface area contributed by atoms with Crippen molar-refractivity contribution >= 4 is 22.6 Å². The van der Waals surface area contributed by atoms with Crippen LogP contribution in [0.2, 0.25) is 0 Å². The van der Waals surface area contributed by atoms with Crippen LogP contribution in [0.25, 0.3) is 0 Å². The van der Waals surface area contributed by atoms with Gasteiger partial charge in [0.1, 0.15) is 0 Å². The van der Waals surface area contributed by atoms with Crippen molar-refractivity contribution in [3.05, 3.63) is 33.4 Å². The molecule has 1 aromatic rings. The minimum Gasteiger partial charge on any atom is -0.396 e. The highest BCUT2D eigenvalue weighted by Gasteiger charge is 2.27.